The molecule has 2 heterocycles. The zero-order chi connectivity index (χ0) is 8.39. The summed E-state index contributed by atoms with van der Waals surface area (Å²) in [5, 5.41) is 0. The Balaban J connectivity index is 1.81. The van der Waals surface area contributed by atoms with Crippen LogP contribution < -0.4 is 0 Å². The molecule has 0 amide bonds. The second-order valence-corrected chi connectivity index (χ2v) is 4.10. The number of hydrogen-bond donors (Lipinski definition) is 0. The first-order valence-electron chi connectivity index (χ1n) is 4.31. The highest BCUT2D eigenvalue weighted by Crippen LogP contribution is 2.26. The third-order valence-electron chi connectivity index (χ3n) is 2.37. The fraction of sp³-hybridized carbons (Fsp3) is 1.00. The molecule has 0 aromatic rings. The van der Waals surface area contributed by atoms with E-state index >= 15 is 0 Å². The molecular formula is C8H13IO3. The second kappa shape index (κ2) is 4.21. The van der Waals surface area contributed by atoms with Crippen molar-refractivity contribution < 1.29 is 14.2 Å². The predicted molar refractivity (Wildman–Crippen MR) is 52.5 cm³/mol. The van der Waals surface area contributed by atoms with Crippen molar-refractivity contribution in [2.45, 2.75) is 31.2 Å². The fourth-order valence-electron chi connectivity index (χ4n) is 1.68. The first kappa shape index (κ1) is 9.18. The lowest BCUT2D eigenvalue weighted by Gasteiger charge is -2.16. The molecule has 0 aliphatic carbocycles. The van der Waals surface area contributed by atoms with Crippen LogP contribution in [0.1, 0.15) is 12.8 Å². The van der Waals surface area contributed by atoms with Crippen LogP contribution in [0.15, 0.2) is 0 Å². The standard InChI is InChI=1S/C8H13IO3/c9-3-6-1-2-7(12-6)8-4-10-5-11-8/h6-8H,1-5H2/t6-,7-,8-/m1/s1. The molecule has 2 aliphatic heterocycles. The molecule has 0 aromatic carbocycles. The highest BCUT2D eigenvalue weighted by molar-refractivity contribution is 14.1. The van der Waals surface area contributed by atoms with Crippen molar-refractivity contribution in [1.82, 2.24) is 0 Å². The van der Waals surface area contributed by atoms with Gasteiger partial charge < -0.3 is 14.2 Å². The summed E-state index contributed by atoms with van der Waals surface area (Å²) in [6.45, 7) is 1.15. The molecule has 0 saturated carbocycles. The van der Waals surface area contributed by atoms with Gasteiger partial charge in [-0.1, -0.05) is 22.6 Å². The van der Waals surface area contributed by atoms with Crippen LogP contribution in [-0.2, 0) is 14.2 Å². The molecule has 0 radical (unpaired) electrons. The van der Waals surface area contributed by atoms with Crippen molar-refractivity contribution in [2.24, 2.45) is 0 Å². The van der Waals surface area contributed by atoms with E-state index in [4.69, 9.17) is 14.2 Å². The summed E-state index contributed by atoms with van der Waals surface area (Å²) in [6.07, 6.45) is 3.22. The topological polar surface area (TPSA) is 27.7 Å². The Kier molecular flexibility index (Phi) is 3.22. The Bertz CT molecular complexity index is 147. The largest absolute Gasteiger partial charge is 0.371 e. The van der Waals surface area contributed by atoms with Gasteiger partial charge in [0.05, 0.1) is 18.8 Å². The molecule has 12 heavy (non-hydrogen) atoms. The van der Waals surface area contributed by atoms with E-state index in [0.29, 0.717) is 19.5 Å². The van der Waals surface area contributed by atoms with Gasteiger partial charge in [0.15, 0.2) is 0 Å². The molecule has 2 saturated heterocycles. The third-order valence-corrected chi connectivity index (χ3v) is 3.36. The van der Waals surface area contributed by atoms with Gasteiger partial charge in [-0.2, -0.15) is 0 Å². The molecule has 0 N–H and O–H groups in total. The zero-order valence-electron chi connectivity index (χ0n) is 6.87. The number of alkyl halides is 1. The van der Waals surface area contributed by atoms with E-state index in [0.717, 1.165) is 10.8 Å². The molecular weight excluding hydrogens is 271 g/mol. The summed E-state index contributed by atoms with van der Waals surface area (Å²) in [5.41, 5.74) is 0. The fourth-order valence-corrected chi connectivity index (χ4v) is 2.33. The van der Waals surface area contributed by atoms with Gasteiger partial charge in [-0.25, -0.2) is 0 Å². The molecule has 3 atom stereocenters. The molecule has 3 nitrogen and oxygen atoms in total. The van der Waals surface area contributed by atoms with E-state index in [-0.39, 0.29) is 12.2 Å². The lowest BCUT2D eigenvalue weighted by Crippen LogP contribution is -2.28. The molecule has 0 unspecified atom stereocenters. The maximum absolute atomic E-state index is 5.78. The molecule has 0 spiro atoms. The average Bonchev–Trinajstić information content (AvgIpc) is 2.75. The van der Waals surface area contributed by atoms with Gasteiger partial charge in [0.1, 0.15) is 12.9 Å². The summed E-state index contributed by atoms with van der Waals surface area (Å²) < 4.78 is 17.4. The Morgan fingerprint density at radius 3 is 2.75 bits per heavy atom. The van der Waals surface area contributed by atoms with Crippen molar-refractivity contribution in [3.05, 3.63) is 0 Å². The SMILES string of the molecule is IC[C@H]1CC[C@H]([C@H]2COCO2)O1. The van der Waals surface area contributed by atoms with Crippen molar-refractivity contribution in [3.63, 3.8) is 0 Å². The first-order valence-corrected chi connectivity index (χ1v) is 5.83. The van der Waals surface area contributed by atoms with Gasteiger partial charge in [-0.15, -0.1) is 0 Å². The molecule has 2 aliphatic rings. The number of rotatable bonds is 2. The summed E-state index contributed by atoms with van der Waals surface area (Å²) in [5.74, 6) is 0. The van der Waals surface area contributed by atoms with E-state index < -0.39 is 0 Å². The van der Waals surface area contributed by atoms with Gasteiger partial charge in [0, 0.05) is 4.43 Å². The van der Waals surface area contributed by atoms with Crippen molar-refractivity contribution in [3.8, 4) is 0 Å². The van der Waals surface area contributed by atoms with Gasteiger partial charge >= 0.3 is 0 Å². The van der Waals surface area contributed by atoms with E-state index in [1.54, 1.807) is 0 Å². The van der Waals surface area contributed by atoms with E-state index in [2.05, 4.69) is 22.6 Å². The van der Waals surface area contributed by atoms with Gasteiger partial charge in [0.2, 0.25) is 0 Å². The summed E-state index contributed by atoms with van der Waals surface area (Å²) >= 11 is 2.37. The van der Waals surface area contributed by atoms with E-state index in [9.17, 15) is 0 Å². The van der Waals surface area contributed by atoms with E-state index in [1.807, 2.05) is 0 Å². The van der Waals surface area contributed by atoms with Crippen molar-refractivity contribution in [1.29, 1.82) is 0 Å². The first-order chi connectivity index (χ1) is 5.90. The maximum atomic E-state index is 5.78. The average molecular weight is 284 g/mol. The lowest BCUT2D eigenvalue weighted by molar-refractivity contribution is -0.0394. The van der Waals surface area contributed by atoms with Crippen molar-refractivity contribution in [2.75, 3.05) is 17.8 Å². The van der Waals surface area contributed by atoms with Crippen LogP contribution in [-0.4, -0.2) is 36.1 Å². The van der Waals surface area contributed by atoms with Gasteiger partial charge in [-0.05, 0) is 12.8 Å². The molecule has 70 valence electrons. The maximum Gasteiger partial charge on any atom is 0.147 e. The lowest BCUT2D eigenvalue weighted by atomic mass is 10.1. The van der Waals surface area contributed by atoms with Crippen LogP contribution in [0.25, 0.3) is 0 Å². The normalized spacial score (nSPS) is 42.2. The molecule has 4 heteroatoms. The summed E-state index contributed by atoms with van der Waals surface area (Å²) in [6, 6.07) is 0. The molecule has 2 rings (SSSR count). The van der Waals surface area contributed by atoms with Gasteiger partial charge in [0.25, 0.3) is 0 Å². The molecule has 0 bridgehead atoms. The number of halogens is 1. The monoisotopic (exact) mass is 284 g/mol. The Morgan fingerprint density at radius 1 is 1.25 bits per heavy atom. The summed E-state index contributed by atoms with van der Waals surface area (Å²) in [4.78, 5) is 0. The molecule has 2 fully saturated rings. The minimum atomic E-state index is 0.193. The van der Waals surface area contributed by atoms with Crippen LogP contribution in [0.2, 0.25) is 0 Å². The second-order valence-electron chi connectivity index (χ2n) is 3.22. The predicted octanol–water partition coefficient (Wildman–Crippen LogP) is 1.34. The smallest absolute Gasteiger partial charge is 0.147 e. The van der Waals surface area contributed by atoms with Gasteiger partial charge in [-0.3, -0.25) is 0 Å². The number of ether oxygens (including phenoxy) is 3. The van der Waals surface area contributed by atoms with Crippen LogP contribution in [0.3, 0.4) is 0 Å². The van der Waals surface area contributed by atoms with Crippen LogP contribution in [0.4, 0.5) is 0 Å². The van der Waals surface area contributed by atoms with Crippen LogP contribution in [0, 0.1) is 0 Å². The molecule has 0 aromatic heterocycles. The van der Waals surface area contributed by atoms with Crippen LogP contribution in [0.5, 0.6) is 0 Å². The van der Waals surface area contributed by atoms with Crippen LogP contribution >= 0.6 is 22.6 Å². The quantitative estimate of drug-likeness (QED) is 0.566. The Hall–Kier alpha value is 0.610. The Morgan fingerprint density at radius 2 is 2.17 bits per heavy atom. The zero-order valence-corrected chi connectivity index (χ0v) is 9.03. The third kappa shape index (κ3) is 1.92. The highest BCUT2D eigenvalue weighted by Gasteiger charge is 2.33. The van der Waals surface area contributed by atoms with Crippen molar-refractivity contribution >= 4 is 22.6 Å². The van der Waals surface area contributed by atoms with E-state index in [1.165, 1.54) is 6.42 Å². The minimum Gasteiger partial charge on any atom is -0.371 e. The summed E-state index contributed by atoms with van der Waals surface area (Å²) in [7, 11) is 0. The highest BCUT2D eigenvalue weighted by atomic mass is 127. The Labute approximate surface area is 85.9 Å². The minimum absolute atomic E-state index is 0.193. The number of hydrogen-bond acceptors (Lipinski definition) is 3.